The fourth-order valence-corrected chi connectivity index (χ4v) is 11.6. The van der Waals surface area contributed by atoms with E-state index in [1.54, 1.807) is 11.3 Å². The predicted molar refractivity (Wildman–Crippen MR) is 276 cm³/mol. The van der Waals surface area contributed by atoms with Gasteiger partial charge in [-0.05, 0) is 117 Å². The first-order chi connectivity index (χ1) is 32.2. The number of thiophene rings is 1. The number of aromatic nitrogens is 3. The third-order valence-corrected chi connectivity index (χ3v) is 14.5. The first-order valence-corrected chi connectivity index (χ1v) is 22.9. The quantitative estimate of drug-likeness (QED) is 0.162. The molecule has 0 N–H and O–H groups in total. The van der Waals surface area contributed by atoms with Crippen molar-refractivity contribution in [1.82, 2.24) is 15.0 Å². The standard InChI is InChI=1S/C61H35N3S/c1-2-12-39(13-3-1)59-62-60(64-61(63-59)43-30-31-48-47-21-6-7-25-53(47)65-54(48)35-43)42-18-8-17-40(32-42)45-19-4-5-20-46(45)44-33-41-29-28-38-15-10-23-50-49-22-9-14-36-26-27-37-16-11-24-51(57(37)55(36)49)52(34-44)58(41)56(38)50/h1-35H. The van der Waals surface area contributed by atoms with Crippen LogP contribution in [0.2, 0.25) is 0 Å². The number of hydrogen-bond donors (Lipinski definition) is 0. The maximum Gasteiger partial charge on any atom is 0.164 e. The van der Waals surface area contributed by atoms with Gasteiger partial charge in [-0.15, -0.1) is 11.3 Å². The van der Waals surface area contributed by atoms with Gasteiger partial charge in [0.1, 0.15) is 0 Å². The lowest BCUT2D eigenvalue weighted by molar-refractivity contribution is 1.07. The molecule has 0 aliphatic rings. The van der Waals surface area contributed by atoms with E-state index < -0.39 is 0 Å². The smallest absolute Gasteiger partial charge is 0.164 e. The molecule has 0 amide bonds. The Labute approximate surface area is 377 Å². The second-order valence-corrected chi connectivity index (χ2v) is 18.2. The van der Waals surface area contributed by atoms with E-state index in [2.05, 4.69) is 194 Å². The van der Waals surface area contributed by atoms with Gasteiger partial charge < -0.3 is 0 Å². The highest BCUT2D eigenvalue weighted by atomic mass is 32.1. The van der Waals surface area contributed by atoms with Crippen LogP contribution in [0.5, 0.6) is 0 Å². The Morgan fingerprint density at radius 1 is 0.246 bits per heavy atom. The predicted octanol–water partition coefficient (Wildman–Crippen LogP) is 16.9. The van der Waals surface area contributed by atoms with Gasteiger partial charge in [-0.25, -0.2) is 15.0 Å². The minimum Gasteiger partial charge on any atom is -0.208 e. The van der Waals surface area contributed by atoms with E-state index in [-0.39, 0.29) is 0 Å². The van der Waals surface area contributed by atoms with E-state index in [4.69, 9.17) is 15.0 Å². The van der Waals surface area contributed by atoms with Gasteiger partial charge in [0, 0.05) is 36.9 Å². The number of benzene rings is 11. The number of nitrogens with zero attached hydrogens (tertiary/aromatic N) is 3. The molecular formula is C61H35N3S. The molecule has 0 fully saturated rings. The van der Waals surface area contributed by atoms with Crippen molar-refractivity contribution < 1.29 is 0 Å². The molecule has 0 atom stereocenters. The third kappa shape index (κ3) is 5.64. The molecule has 0 aliphatic heterocycles. The van der Waals surface area contributed by atoms with Crippen LogP contribution in [-0.4, -0.2) is 15.0 Å². The van der Waals surface area contributed by atoms with E-state index in [1.807, 2.05) is 18.2 Å². The summed E-state index contributed by atoms with van der Waals surface area (Å²) in [5.41, 5.74) is 7.43. The molecule has 300 valence electrons. The Balaban J connectivity index is 0.966. The van der Waals surface area contributed by atoms with Crippen molar-refractivity contribution in [2.24, 2.45) is 0 Å². The number of fused-ring (bicyclic) bond motifs is 5. The summed E-state index contributed by atoms with van der Waals surface area (Å²) in [5, 5.41) is 17.8. The van der Waals surface area contributed by atoms with Crippen molar-refractivity contribution in [1.29, 1.82) is 0 Å². The largest absolute Gasteiger partial charge is 0.208 e. The summed E-state index contributed by atoms with van der Waals surface area (Å²) in [5.74, 6) is 1.94. The topological polar surface area (TPSA) is 38.7 Å². The lowest BCUT2D eigenvalue weighted by atomic mass is 9.85. The maximum atomic E-state index is 5.21. The minimum absolute atomic E-state index is 0.636. The normalized spacial score (nSPS) is 12.0. The molecule has 0 saturated heterocycles. The summed E-state index contributed by atoms with van der Waals surface area (Å²) in [6.07, 6.45) is 0. The zero-order valence-corrected chi connectivity index (χ0v) is 35.8. The van der Waals surface area contributed by atoms with E-state index >= 15 is 0 Å². The van der Waals surface area contributed by atoms with E-state index in [1.165, 1.54) is 95.9 Å². The van der Waals surface area contributed by atoms with Crippen molar-refractivity contribution in [3.05, 3.63) is 212 Å². The second-order valence-electron chi connectivity index (χ2n) is 17.1. The van der Waals surface area contributed by atoms with Gasteiger partial charge in [0.2, 0.25) is 0 Å². The maximum absolute atomic E-state index is 5.21. The highest BCUT2D eigenvalue weighted by molar-refractivity contribution is 7.25. The molecule has 0 saturated carbocycles. The molecule has 2 heterocycles. The van der Waals surface area contributed by atoms with E-state index in [0.29, 0.717) is 17.5 Å². The molecule has 0 aliphatic carbocycles. The summed E-state index contributed by atoms with van der Waals surface area (Å²) in [6.45, 7) is 0. The average molecular weight is 842 g/mol. The fraction of sp³-hybridized carbons (Fsp3) is 0. The summed E-state index contributed by atoms with van der Waals surface area (Å²) in [7, 11) is 0. The van der Waals surface area contributed by atoms with E-state index in [0.717, 1.165) is 27.8 Å². The SMILES string of the molecule is c1ccc(-c2nc(-c3cccc(-c4ccccc4-c4cc5ccc6cccc7c8cccc9ccc%10cccc(c(c4)c5c67)c%10c98)c3)nc(-c3ccc4c(c3)sc3ccccc34)n2)cc1. The Hall–Kier alpha value is -8.31. The fourth-order valence-electron chi connectivity index (χ4n) is 10.5. The Morgan fingerprint density at radius 2 is 0.723 bits per heavy atom. The summed E-state index contributed by atoms with van der Waals surface area (Å²) in [4.78, 5) is 15.5. The average Bonchev–Trinajstić information content (AvgIpc) is 3.75. The Kier molecular flexibility index (Phi) is 7.85. The van der Waals surface area contributed by atoms with Crippen LogP contribution >= 0.6 is 11.3 Å². The molecule has 0 spiro atoms. The van der Waals surface area contributed by atoms with Gasteiger partial charge in [0.15, 0.2) is 17.5 Å². The third-order valence-electron chi connectivity index (χ3n) is 13.4. The lowest BCUT2D eigenvalue weighted by Gasteiger charge is -2.18. The Morgan fingerprint density at radius 3 is 1.42 bits per heavy atom. The van der Waals surface area contributed by atoms with Gasteiger partial charge in [-0.1, -0.05) is 182 Å². The Bertz CT molecular complexity index is 4240. The molecule has 0 unspecified atom stereocenters. The minimum atomic E-state index is 0.636. The molecule has 65 heavy (non-hydrogen) atoms. The van der Waals surface area contributed by atoms with Gasteiger partial charge in [-0.3, -0.25) is 0 Å². The van der Waals surface area contributed by atoms with Gasteiger partial charge in [0.05, 0.1) is 0 Å². The van der Waals surface area contributed by atoms with Crippen LogP contribution in [0.3, 0.4) is 0 Å². The molecule has 3 nitrogen and oxygen atoms in total. The molecule has 4 heteroatoms. The van der Waals surface area contributed by atoms with Gasteiger partial charge in [-0.2, -0.15) is 0 Å². The molecule has 14 rings (SSSR count). The van der Waals surface area contributed by atoms with Crippen molar-refractivity contribution in [2.75, 3.05) is 0 Å². The zero-order valence-electron chi connectivity index (χ0n) is 35.0. The van der Waals surface area contributed by atoms with Crippen molar-refractivity contribution >= 4 is 96.1 Å². The van der Waals surface area contributed by atoms with E-state index in [9.17, 15) is 0 Å². The van der Waals surface area contributed by atoms with Crippen LogP contribution in [0.25, 0.3) is 141 Å². The molecule has 2 aromatic heterocycles. The summed E-state index contributed by atoms with van der Waals surface area (Å²) in [6, 6.07) is 77.2. The molecule has 0 bridgehead atoms. The lowest BCUT2D eigenvalue weighted by Crippen LogP contribution is -2.00. The van der Waals surface area contributed by atoms with Crippen molar-refractivity contribution in [2.45, 2.75) is 0 Å². The van der Waals surface area contributed by atoms with Crippen molar-refractivity contribution in [3.8, 4) is 56.4 Å². The molecule has 12 aromatic carbocycles. The molecule has 14 aromatic rings. The van der Waals surface area contributed by atoms with Crippen LogP contribution in [0, 0.1) is 0 Å². The monoisotopic (exact) mass is 841 g/mol. The highest BCUT2D eigenvalue weighted by Gasteiger charge is 2.19. The van der Waals surface area contributed by atoms with Crippen LogP contribution in [0.4, 0.5) is 0 Å². The van der Waals surface area contributed by atoms with Crippen molar-refractivity contribution in [3.63, 3.8) is 0 Å². The van der Waals surface area contributed by atoms with Crippen LogP contribution < -0.4 is 0 Å². The first-order valence-electron chi connectivity index (χ1n) is 22.1. The second kappa shape index (κ2) is 14.1. The summed E-state index contributed by atoms with van der Waals surface area (Å²) >= 11 is 1.80. The zero-order chi connectivity index (χ0) is 42.6. The first kappa shape index (κ1) is 36.2. The molecular weight excluding hydrogens is 807 g/mol. The highest BCUT2D eigenvalue weighted by Crippen LogP contribution is 2.46. The number of hydrogen-bond acceptors (Lipinski definition) is 4. The number of rotatable bonds is 5. The van der Waals surface area contributed by atoms with Crippen LogP contribution in [0.1, 0.15) is 0 Å². The van der Waals surface area contributed by atoms with Crippen LogP contribution in [0.15, 0.2) is 212 Å². The van der Waals surface area contributed by atoms with Gasteiger partial charge in [0.25, 0.3) is 0 Å². The summed E-state index contributed by atoms with van der Waals surface area (Å²) < 4.78 is 2.49. The van der Waals surface area contributed by atoms with Crippen LogP contribution in [-0.2, 0) is 0 Å². The van der Waals surface area contributed by atoms with Gasteiger partial charge >= 0.3 is 0 Å². The molecule has 0 radical (unpaired) electrons.